The van der Waals surface area contributed by atoms with E-state index in [2.05, 4.69) is 16.0 Å². The molecule has 0 aliphatic heterocycles. The fraction of sp³-hybridized carbons (Fsp3) is 0. The van der Waals surface area contributed by atoms with Gasteiger partial charge in [-0.3, -0.25) is 15.1 Å². The number of rotatable bonds is 4. The molecule has 1 aromatic carbocycles. The molecule has 0 unspecified atom stereocenters. The van der Waals surface area contributed by atoms with Gasteiger partial charge in [0.15, 0.2) is 0 Å². The first kappa shape index (κ1) is 15.5. The summed E-state index contributed by atoms with van der Waals surface area (Å²) in [5, 5.41) is 22.6. The standard InChI is InChI=1S/C17H10N4O2S/c18-10-14(8-12-4-6-19-7-5-12)17-20-16(11-24-17)13-2-1-3-15(9-13)21(22)23/h1-9,11H/b14-8+. The predicted molar refractivity (Wildman–Crippen MR) is 91.9 cm³/mol. The van der Waals surface area contributed by atoms with Crippen LogP contribution in [0, 0.1) is 21.4 Å². The van der Waals surface area contributed by atoms with Crippen LogP contribution in [-0.2, 0) is 0 Å². The van der Waals surface area contributed by atoms with E-state index in [1.807, 2.05) is 0 Å². The maximum atomic E-state index is 10.9. The number of thiazole rings is 1. The smallest absolute Gasteiger partial charge is 0.265 e. The number of nitro groups is 1. The molecular weight excluding hydrogens is 324 g/mol. The number of non-ortho nitro benzene ring substituents is 1. The largest absolute Gasteiger partial charge is 0.270 e. The summed E-state index contributed by atoms with van der Waals surface area (Å²) < 4.78 is 0. The molecule has 0 aliphatic carbocycles. The molecule has 0 bridgehead atoms. The molecule has 2 aromatic heterocycles. The molecule has 2 heterocycles. The third-order valence-electron chi connectivity index (χ3n) is 3.22. The van der Waals surface area contributed by atoms with E-state index in [0.29, 0.717) is 21.8 Å². The lowest BCUT2D eigenvalue weighted by molar-refractivity contribution is -0.384. The Balaban J connectivity index is 1.95. The minimum Gasteiger partial charge on any atom is -0.265 e. The molecule has 24 heavy (non-hydrogen) atoms. The van der Waals surface area contributed by atoms with Crippen molar-refractivity contribution in [1.29, 1.82) is 5.26 Å². The highest BCUT2D eigenvalue weighted by molar-refractivity contribution is 7.11. The highest BCUT2D eigenvalue weighted by Gasteiger charge is 2.12. The van der Waals surface area contributed by atoms with Crippen molar-refractivity contribution in [1.82, 2.24) is 9.97 Å². The Hall–Kier alpha value is -3.37. The number of hydrogen-bond donors (Lipinski definition) is 0. The normalized spacial score (nSPS) is 11.0. The summed E-state index contributed by atoms with van der Waals surface area (Å²) in [6.07, 6.45) is 5.03. The number of hydrogen-bond acceptors (Lipinski definition) is 6. The average Bonchev–Trinajstić information content (AvgIpc) is 3.10. The van der Waals surface area contributed by atoms with Gasteiger partial charge in [-0.25, -0.2) is 4.98 Å². The summed E-state index contributed by atoms with van der Waals surface area (Å²) in [7, 11) is 0. The Kier molecular flexibility index (Phi) is 4.40. The molecule has 3 rings (SSSR count). The van der Waals surface area contributed by atoms with Gasteiger partial charge in [0.05, 0.1) is 16.2 Å². The topological polar surface area (TPSA) is 92.7 Å². The molecule has 0 radical (unpaired) electrons. The highest BCUT2D eigenvalue weighted by atomic mass is 32.1. The van der Waals surface area contributed by atoms with E-state index in [0.717, 1.165) is 5.56 Å². The first-order valence-electron chi connectivity index (χ1n) is 6.90. The van der Waals surface area contributed by atoms with E-state index in [-0.39, 0.29) is 5.69 Å². The quantitative estimate of drug-likeness (QED) is 0.405. The van der Waals surface area contributed by atoms with Crippen LogP contribution in [0.25, 0.3) is 22.9 Å². The molecule has 0 saturated heterocycles. The van der Waals surface area contributed by atoms with Gasteiger partial charge in [0.1, 0.15) is 11.1 Å². The monoisotopic (exact) mass is 334 g/mol. The number of benzene rings is 1. The van der Waals surface area contributed by atoms with Gasteiger partial charge in [0, 0.05) is 35.5 Å². The van der Waals surface area contributed by atoms with Crippen LogP contribution in [-0.4, -0.2) is 14.9 Å². The zero-order chi connectivity index (χ0) is 16.9. The van der Waals surface area contributed by atoms with Crippen molar-refractivity contribution in [3.63, 3.8) is 0 Å². The van der Waals surface area contributed by atoms with E-state index in [1.165, 1.54) is 23.5 Å². The lowest BCUT2D eigenvalue weighted by Crippen LogP contribution is -1.88. The van der Waals surface area contributed by atoms with Gasteiger partial charge >= 0.3 is 0 Å². The molecule has 0 fully saturated rings. The zero-order valence-electron chi connectivity index (χ0n) is 12.3. The van der Waals surface area contributed by atoms with Crippen molar-refractivity contribution in [3.8, 4) is 17.3 Å². The summed E-state index contributed by atoms with van der Waals surface area (Å²) in [5.74, 6) is 0. The number of aromatic nitrogens is 2. The Morgan fingerprint density at radius 2 is 2.08 bits per heavy atom. The number of nitriles is 1. The van der Waals surface area contributed by atoms with Crippen LogP contribution in [0.1, 0.15) is 10.6 Å². The minimum absolute atomic E-state index is 0.00915. The molecule has 7 heteroatoms. The van der Waals surface area contributed by atoms with E-state index in [1.54, 1.807) is 48.1 Å². The van der Waals surface area contributed by atoms with Crippen molar-refractivity contribution in [3.05, 3.63) is 74.9 Å². The molecule has 0 N–H and O–H groups in total. The van der Waals surface area contributed by atoms with Crippen LogP contribution in [0.4, 0.5) is 5.69 Å². The fourth-order valence-electron chi connectivity index (χ4n) is 2.08. The van der Waals surface area contributed by atoms with Gasteiger partial charge in [-0.1, -0.05) is 12.1 Å². The van der Waals surface area contributed by atoms with Crippen LogP contribution in [0.15, 0.2) is 54.2 Å². The number of pyridine rings is 1. The lowest BCUT2D eigenvalue weighted by Gasteiger charge is -1.97. The van der Waals surface area contributed by atoms with E-state index < -0.39 is 4.92 Å². The maximum Gasteiger partial charge on any atom is 0.270 e. The molecule has 0 aliphatic rings. The van der Waals surface area contributed by atoms with Crippen molar-refractivity contribution in [2.45, 2.75) is 0 Å². The molecule has 116 valence electrons. The van der Waals surface area contributed by atoms with Crippen LogP contribution in [0.3, 0.4) is 0 Å². The fourth-order valence-corrected chi connectivity index (χ4v) is 2.87. The van der Waals surface area contributed by atoms with Crippen LogP contribution in [0.2, 0.25) is 0 Å². The molecule has 0 spiro atoms. The molecule has 0 amide bonds. The van der Waals surface area contributed by atoms with Crippen LogP contribution < -0.4 is 0 Å². The SMILES string of the molecule is N#C/C(=C\c1ccncc1)c1nc(-c2cccc([N+](=O)[O-])c2)cs1. The van der Waals surface area contributed by atoms with Crippen molar-refractivity contribution in [2.24, 2.45) is 0 Å². The Morgan fingerprint density at radius 1 is 1.29 bits per heavy atom. The third-order valence-corrected chi connectivity index (χ3v) is 4.10. The van der Waals surface area contributed by atoms with E-state index in [9.17, 15) is 15.4 Å². The Bertz CT molecular complexity index is 958. The van der Waals surface area contributed by atoms with Crippen LogP contribution >= 0.6 is 11.3 Å². The number of allylic oxidation sites excluding steroid dienone is 1. The van der Waals surface area contributed by atoms with Gasteiger partial charge in [-0.2, -0.15) is 5.26 Å². The van der Waals surface area contributed by atoms with Gasteiger partial charge in [-0.05, 0) is 23.8 Å². The minimum atomic E-state index is -0.444. The Labute approximate surface area is 141 Å². The summed E-state index contributed by atoms with van der Waals surface area (Å²) in [6.45, 7) is 0. The van der Waals surface area contributed by atoms with E-state index in [4.69, 9.17) is 0 Å². The maximum absolute atomic E-state index is 10.9. The average molecular weight is 334 g/mol. The van der Waals surface area contributed by atoms with Crippen LogP contribution in [0.5, 0.6) is 0 Å². The van der Waals surface area contributed by atoms with Gasteiger partial charge < -0.3 is 0 Å². The summed E-state index contributed by atoms with van der Waals surface area (Å²) in [4.78, 5) is 18.8. The molecular formula is C17H10N4O2S. The number of nitrogens with zero attached hydrogens (tertiary/aromatic N) is 4. The molecule has 6 nitrogen and oxygen atoms in total. The summed E-state index contributed by atoms with van der Waals surface area (Å²) in [5.41, 5.74) is 2.55. The second-order valence-electron chi connectivity index (χ2n) is 4.80. The highest BCUT2D eigenvalue weighted by Crippen LogP contribution is 2.28. The first-order chi connectivity index (χ1) is 11.7. The van der Waals surface area contributed by atoms with Crippen molar-refractivity contribution < 1.29 is 4.92 Å². The molecule has 0 atom stereocenters. The van der Waals surface area contributed by atoms with Gasteiger partial charge in [0.25, 0.3) is 5.69 Å². The summed E-state index contributed by atoms with van der Waals surface area (Å²) >= 11 is 1.32. The third kappa shape index (κ3) is 3.34. The second kappa shape index (κ2) is 6.81. The number of nitro benzene ring substituents is 1. The molecule has 0 saturated carbocycles. The van der Waals surface area contributed by atoms with Crippen molar-refractivity contribution >= 4 is 28.7 Å². The lowest BCUT2D eigenvalue weighted by atomic mass is 10.1. The Morgan fingerprint density at radius 3 is 2.79 bits per heavy atom. The van der Waals surface area contributed by atoms with Crippen molar-refractivity contribution in [2.75, 3.05) is 0 Å². The zero-order valence-corrected chi connectivity index (χ0v) is 13.1. The second-order valence-corrected chi connectivity index (χ2v) is 5.65. The molecule has 3 aromatic rings. The first-order valence-corrected chi connectivity index (χ1v) is 7.78. The van der Waals surface area contributed by atoms with E-state index >= 15 is 0 Å². The van der Waals surface area contributed by atoms with Gasteiger partial charge in [0.2, 0.25) is 0 Å². The summed E-state index contributed by atoms with van der Waals surface area (Å²) in [6, 6.07) is 12.0. The predicted octanol–water partition coefficient (Wildman–Crippen LogP) is 4.18. The van der Waals surface area contributed by atoms with Gasteiger partial charge in [-0.15, -0.1) is 11.3 Å².